The van der Waals surface area contributed by atoms with Crippen LogP contribution in [0.1, 0.15) is 24.1 Å². The second kappa shape index (κ2) is 9.32. The van der Waals surface area contributed by atoms with E-state index < -0.39 is 34.0 Å². The van der Waals surface area contributed by atoms with Gasteiger partial charge >= 0.3 is 0 Å². The van der Waals surface area contributed by atoms with Gasteiger partial charge in [0.15, 0.2) is 15.0 Å². The smallest absolute Gasteiger partial charge is 0.257 e. The molecule has 2 unspecified atom stereocenters. The van der Waals surface area contributed by atoms with Gasteiger partial charge in [-0.15, -0.1) is 11.3 Å². The van der Waals surface area contributed by atoms with Gasteiger partial charge in [0.1, 0.15) is 12.3 Å². The van der Waals surface area contributed by atoms with Gasteiger partial charge in [-0.3, -0.25) is 10.1 Å². The summed E-state index contributed by atoms with van der Waals surface area (Å²) >= 11 is 1.20. The molecule has 1 aromatic heterocycles. The van der Waals surface area contributed by atoms with Crippen LogP contribution in [0.25, 0.3) is 5.57 Å². The van der Waals surface area contributed by atoms with Crippen molar-refractivity contribution >= 4 is 37.8 Å². The number of aliphatic hydroxyl groups excluding tert-OH is 1. The highest BCUT2D eigenvalue weighted by Crippen LogP contribution is 2.34. The molecule has 1 saturated carbocycles. The number of aromatic nitrogens is 1. The zero-order chi connectivity index (χ0) is 21.9. The van der Waals surface area contributed by atoms with E-state index in [9.17, 15) is 22.0 Å². The van der Waals surface area contributed by atoms with E-state index in [1.807, 2.05) is 0 Å². The van der Waals surface area contributed by atoms with E-state index >= 15 is 0 Å². The molecule has 0 spiro atoms. The number of hydrogen-bond acceptors (Lipinski definition) is 6. The van der Waals surface area contributed by atoms with Gasteiger partial charge in [0.05, 0.1) is 10.6 Å². The second-order valence-electron chi connectivity index (χ2n) is 7.21. The van der Waals surface area contributed by atoms with Crippen LogP contribution in [0.5, 0.6) is 0 Å². The van der Waals surface area contributed by atoms with Crippen LogP contribution in [0.2, 0.25) is 0 Å². The van der Waals surface area contributed by atoms with Crippen LogP contribution in [-0.4, -0.2) is 49.6 Å². The number of anilines is 1. The fourth-order valence-corrected chi connectivity index (χ4v) is 4.65. The van der Waals surface area contributed by atoms with Crippen molar-refractivity contribution in [3.05, 3.63) is 47.0 Å². The van der Waals surface area contributed by atoms with Crippen molar-refractivity contribution in [3.8, 4) is 0 Å². The molecule has 2 N–H and O–H groups in total. The number of benzene rings is 1. The molecule has 30 heavy (non-hydrogen) atoms. The summed E-state index contributed by atoms with van der Waals surface area (Å²) in [5, 5.41) is 13.7. The van der Waals surface area contributed by atoms with E-state index in [0.29, 0.717) is 22.8 Å². The molecule has 162 valence electrons. The van der Waals surface area contributed by atoms with Gasteiger partial charge in [-0.2, -0.15) is 0 Å². The largest absolute Gasteiger partial charge is 0.396 e. The summed E-state index contributed by atoms with van der Waals surface area (Å²) < 4.78 is 50.6. The highest BCUT2D eigenvalue weighted by atomic mass is 32.2. The van der Waals surface area contributed by atoms with E-state index in [1.165, 1.54) is 35.6 Å². The lowest BCUT2D eigenvalue weighted by molar-refractivity contribution is -0.111. The SMILES string of the molecule is CS(=O)(=O)c1ccc(/C(=C\C2CC(F)C(F)C2)C(=O)Nc2nc(CCO)cs2)cc1. The van der Waals surface area contributed by atoms with Gasteiger partial charge in [-0.05, 0) is 36.5 Å². The number of amides is 1. The van der Waals surface area contributed by atoms with Crippen molar-refractivity contribution in [1.82, 2.24) is 4.98 Å². The third-order valence-electron chi connectivity index (χ3n) is 4.83. The average Bonchev–Trinajstić information content (AvgIpc) is 3.25. The molecular weight excluding hydrogens is 434 g/mol. The monoisotopic (exact) mass is 456 g/mol. The van der Waals surface area contributed by atoms with E-state index in [2.05, 4.69) is 10.3 Å². The topological polar surface area (TPSA) is 96.4 Å². The van der Waals surface area contributed by atoms with Crippen LogP contribution < -0.4 is 5.32 Å². The summed E-state index contributed by atoms with van der Waals surface area (Å²) in [5.41, 5.74) is 1.27. The molecule has 1 aliphatic carbocycles. The van der Waals surface area contributed by atoms with Crippen LogP contribution in [0, 0.1) is 5.92 Å². The lowest BCUT2D eigenvalue weighted by atomic mass is 9.98. The van der Waals surface area contributed by atoms with Gasteiger partial charge < -0.3 is 5.11 Å². The normalized spacial score (nSPS) is 22.3. The molecule has 1 heterocycles. The number of allylic oxidation sites excluding steroid dienone is 1. The van der Waals surface area contributed by atoms with Gasteiger partial charge in [0.2, 0.25) is 0 Å². The first-order valence-corrected chi connectivity index (χ1v) is 12.1. The zero-order valence-electron chi connectivity index (χ0n) is 16.2. The molecule has 0 bridgehead atoms. The Bertz CT molecular complexity index is 1030. The van der Waals surface area contributed by atoms with Gasteiger partial charge in [0.25, 0.3) is 5.91 Å². The number of thiazole rings is 1. The third-order valence-corrected chi connectivity index (χ3v) is 6.76. The summed E-state index contributed by atoms with van der Waals surface area (Å²) in [6, 6.07) is 5.77. The van der Waals surface area contributed by atoms with Crippen LogP contribution in [0.15, 0.2) is 40.6 Å². The van der Waals surface area contributed by atoms with Crippen LogP contribution in [-0.2, 0) is 21.1 Å². The Balaban J connectivity index is 1.89. The van der Waals surface area contributed by atoms with Crippen LogP contribution in [0.4, 0.5) is 13.9 Å². The Morgan fingerprint density at radius 3 is 2.47 bits per heavy atom. The lowest BCUT2D eigenvalue weighted by Gasteiger charge is -2.11. The number of carbonyl (C=O) groups excluding carboxylic acids is 1. The minimum atomic E-state index is -3.40. The average molecular weight is 457 g/mol. The predicted octanol–water partition coefficient (Wildman–Crippen LogP) is 3.19. The predicted molar refractivity (Wildman–Crippen MR) is 112 cm³/mol. The summed E-state index contributed by atoms with van der Waals surface area (Å²) in [6.07, 6.45) is -0.182. The van der Waals surface area contributed by atoms with E-state index in [-0.39, 0.29) is 29.9 Å². The molecule has 3 rings (SSSR count). The minimum Gasteiger partial charge on any atom is -0.396 e. The summed E-state index contributed by atoms with van der Waals surface area (Å²) in [7, 11) is -3.40. The van der Waals surface area contributed by atoms with Gasteiger partial charge in [0, 0.05) is 30.2 Å². The molecule has 1 aromatic carbocycles. The quantitative estimate of drug-likeness (QED) is 0.624. The van der Waals surface area contributed by atoms with Crippen molar-refractivity contribution in [2.24, 2.45) is 5.92 Å². The van der Waals surface area contributed by atoms with Gasteiger partial charge in [-0.25, -0.2) is 22.2 Å². The van der Waals surface area contributed by atoms with E-state index in [4.69, 9.17) is 5.11 Å². The maximum absolute atomic E-state index is 13.6. The summed E-state index contributed by atoms with van der Waals surface area (Å²) in [5.74, 6) is -0.962. The Morgan fingerprint density at radius 1 is 1.27 bits per heavy atom. The number of aliphatic hydroxyl groups is 1. The maximum Gasteiger partial charge on any atom is 0.257 e. The van der Waals surface area contributed by atoms with Crippen molar-refractivity contribution in [1.29, 1.82) is 0 Å². The number of sulfone groups is 1. The van der Waals surface area contributed by atoms with E-state index in [0.717, 1.165) is 6.26 Å². The number of hydrogen-bond donors (Lipinski definition) is 2. The zero-order valence-corrected chi connectivity index (χ0v) is 17.8. The molecule has 10 heteroatoms. The highest BCUT2D eigenvalue weighted by molar-refractivity contribution is 7.90. The Kier molecular flexibility index (Phi) is 6.99. The van der Waals surface area contributed by atoms with Gasteiger partial charge in [-0.1, -0.05) is 18.2 Å². The van der Waals surface area contributed by atoms with Crippen molar-refractivity contribution in [3.63, 3.8) is 0 Å². The Labute approximate surface area is 177 Å². The number of rotatable bonds is 7. The lowest BCUT2D eigenvalue weighted by Crippen LogP contribution is -2.15. The molecule has 0 aliphatic heterocycles. The maximum atomic E-state index is 13.6. The first-order chi connectivity index (χ1) is 14.2. The number of nitrogens with one attached hydrogen (secondary N) is 1. The third kappa shape index (κ3) is 5.50. The first kappa shape index (κ1) is 22.5. The van der Waals surface area contributed by atoms with Crippen molar-refractivity contribution in [2.75, 3.05) is 18.2 Å². The summed E-state index contributed by atoms with van der Waals surface area (Å²) in [4.78, 5) is 17.3. The number of carbonyl (C=O) groups is 1. The standard InChI is InChI=1S/C20H22F2N2O4S2/c1-30(27,28)15-4-2-13(3-5-15)16(8-12-9-17(21)18(22)10-12)19(26)24-20-23-14(6-7-25)11-29-20/h2-5,8,11-12,17-18,25H,6-7,9-10H2,1H3,(H,23,24,26)/b16-8+. The fourth-order valence-electron chi connectivity index (χ4n) is 3.28. The van der Waals surface area contributed by atoms with E-state index in [1.54, 1.807) is 11.5 Å². The molecule has 6 nitrogen and oxygen atoms in total. The summed E-state index contributed by atoms with van der Waals surface area (Å²) in [6.45, 7) is -0.0641. The molecule has 1 aliphatic rings. The molecule has 2 aromatic rings. The first-order valence-electron chi connectivity index (χ1n) is 9.34. The Morgan fingerprint density at radius 2 is 1.90 bits per heavy atom. The van der Waals surface area contributed by atoms with Crippen LogP contribution in [0.3, 0.4) is 0 Å². The number of halogens is 2. The second-order valence-corrected chi connectivity index (χ2v) is 10.1. The van der Waals surface area contributed by atoms with Crippen molar-refractivity contribution in [2.45, 2.75) is 36.5 Å². The molecular formula is C20H22F2N2O4S2. The minimum absolute atomic E-state index is 0.0166. The Hall–Kier alpha value is -2.17. The molecule has 2 atom stereocenters. The van der Waals surface area contributed by atoms with Crippen LogP contribution >= 0.6 is 11.3 Å². The molecule has 1 amide bonds. The molecule has 0 radical (unpaired) electrons. The highest BCUT2D eigenvalue weighted by Gasteiger charge is 2.34. The number of nitrogens with zero attached hydrogens (tertiary/aromatic N) is 1. The molecule has 0 saturated heterocycles. The van der Waals surface area contributed by atoms with Crippen molar-refractivity contribution < 1.29 is 27.1 Å². The fraction of sp³-hybridized carbons (Fsp3) is 0.400. The number of alkyl halides is 2. The molecule has 1 fully saturated rings.